The second-order valence-corrected chi connectivity index (χ2v) is 12.3. The number of aryl methyl sites for hydroxylation is 4. The molecule has 0 N–H and O–H groups in total. The zero-order valence-electron chi connectivity index (χ0n) is 23.4. The van der Waals surface area contributed by atoms with Crippen LogP contribution in [0, 0.1) is 0 Å². The van der Waals surface area contributed by atoms with Gasteiger partial charge in [0.25, 0.3) is 0 Å². The first kappa shape index (κ1) is 22.7. The van der Waals surface area contributed by atoms with Crippen LogP contribution in [0.5, 0.6) is 0 Å². The van der Waals surface area contributed by atoms with Gasteiger partial charge in [0.15, 0.2) is 0 Å². The summed E-state index contributed by atoms with van der Waals surface area (Å²) in [4.78, 5) is 0. The van der Waals surface area contributed by atoms with E-state index in [0.717, 1.165) is 25.7 Å². The molecule has 0 amide bonds. The van der Waals surface area contributed by atoms with Crippen LogP contribution in [-0.2, 0) is 25.7 Å². The monoisotopic (exact) mass is 532 g/mol. The predicted molar refractivity (Wildman–Crippen MR) is 180 cm³/mol. The number of benzene rings is 8. The molecule has 0 atom stereocenters. The highest BCUT2D eigenvalue weighted by Gasteiger charge is 2.21. The van der Waals surface area contributed by atoms with Gasteiger partial charge in [-0.25, -0.2) is 0 Å². The molecular weight excluding hydrogens is 504 g/mol. The Morgan fingerprint density at radius 2 is 0.690 bits per heavy atom. The molecule has 0 saturated carbocycles. The van der Waals surface area contributed by atoms with Crippen molar-refractivity contribution < 1.29 is 0 Å². The molecule has 2 aliphatic rings. The van der Waals surface area contributed by atoms with Crippen molar-refractivity contribution in [3.63, 3.8) is 0 Å². The van der Waals surface area contributed by atoms with Gasteiger partial charge in [0.2, 0.25) is 0 Å². The fourth-order valence-electron chi connectivity index (χ4n) is 8.39. The van der Waals surface area contributed by atoms with Gasteiger partial charge in [-0.05, 0) is 136 Å². The molecule has 0 radical (unpaired) electrons. The van der Waals surface area contributed by atoms with Gasteiger partial charge in [-0.2, -0.15) is 0 Å². The molecule has 0 nitrogen and oxygen atoms in total. The molecule has 2 aliphatic carbocycles. The van der Waals surface area contributed by atoms with Crippen molar-refractivity contribution in [2.45, 2.75) is 25.7 Å². The van der Waals surface area contributed by atoms with Crippen molar-refractivity contribution in [1.82, 2.24) is 0 Å². The number of hydrogen-bond acceptors (Lipinski definition) is 0. The van der Waals surface area contributed by atoms with Gasteiger partial charge in [0.05, 0.1) is 0 Å². The summed E-state index contributed by atoms with van der Waals surface area (Å²) >= 11 is 0. The second-order valence-electron chi connectivity index (χ2n) is 12.3. The summed E-state index contributed by atoms with van der Waals surface area (Å²) < 4.78 is 0. The molecule has 0 aromatic heterocycles. The Hall–Kier alpha value is -4.94. The molecule has 8 aromatic rings. The smallest absolute Gasteiger partial charge is 0.00259 e. The van der Waals surface area contributed by atoms with Crippen LogP contribution < -0.4 is 0 Å². The van der Waals surface area contributed by atoms with Crippen LogP contribution in [0.3, 0.4) is 0 Å². The quantitative estimate of drug-likeness (QED) is 0.194. The van der Waals surface area contributed by atoms with E-state index < -0.39 is 0 Å². The van der Waals surface area contributed by atoms with E-state index in [9.17, 15) is 0 Å². The molecule has 42 heavy (non-hydrogen) atoms. The van der Waals surface area contributed by atoms with Gasteiger partial charge in [-0.15, -0.1) is 0 Å². The normalized spacial score (nSPS) is 13.8. The van der Waals surface area contributed by atoms with E-state index in [-0.39, 0.29) is 0 Å². The molecule has 8 aromatic carbocycles. The highest BCUT2D eigenvalue weighted by Crippen LogP contribution is 2.46. The molecule has 0 unspecified atom stereocenters. The van der Waals surface area contributed by atoms with Gasteiger partial charge in [-0.1, -0.05) is 109 Å². The van der Waals surface area contributed by atoms with E-state index in [4.69, 9.17) is 0 Å². The zero-order chi connectivity index (χ0) is 27.4. The van der Waals surface area contributed by atoms with E-state index in [0.29, 0.717) is 0 Å². The van der Waals surface area contributed by atoms with Crippen molar-refractivity contribution in [3.8, 4) is 22.3 Å². The van der Waals surface area contributed by atoms with E-state index in [1.54, 1.807) is 0 Å². The lowest BCUT2D eigenvalue weighted by molar-refractivity contribution is 1.02. The summed E-state index contributed by atoms with van der Waals surface area (Å²) in [6, 6.07) is 46.4. The first-order valence-electron chi connectivity index (χ1n) is 15.3. The van der Waals surface area contributed by atoms with Crippen LogP contribution >= 0.6 is 0 Å². The molecule has 0 saturated heterocycles. The average molecular weight is 533 g/mol. The van der Waals surface area contributed by atoms with Crippen LogP contribution in [-0.4, -0.2) is 0 Å². The van der Waals surface area contributed by atoms with E-state index >= 15 is 0 Å². The lowest BCUT2D eigenvalue weighted by Crippen LogP contribution is -1.91. The molecule has 0 heterocycles. The Morgan fingerprint density at radius 1 is 0.286 bits per heavy atom. The van der Waals surface area contributed by atoms with Gasteiger partial charge >= 0.3 is 0 Å². The third-order valence-electron chi connectivity index (χ3n) is 10.2. The summed E-state index contributed by atoms with van der Waals surface area (Å²) in [7, 11) is 0. The van der Waals surface area contributed by atoms with Crippen molar-refractivity contribution in [3.05, 3.63) is 144 Å². The molecule has 0 spiro atoms. The van der Waals surface area contributed by atoms with Crippen LogP contribution in [0.2, 0.25) is 0 Å². The number of hydrogen-bond donors (Lipinski definition) is 0. The average Bonchev–Trinajstić information content (AvgIpc) is 3.67. The Kier molecular flexibility index (Phi) is 4.49. The van der Waals surface area contributed by atoms with Crippen LogP contribution in [0.25, 0.3) is 76.1 Å². The molecule has 10 rings (SSSR count). The number of rotatable bonds is 2. The van der Waals surface area contributed by atoms with Crippen molar-refractivity contribution in [2.24, 2.45) is 0 Å². The van der Waals surface area contributed by atoms with Gasteiger partial charge in [0, 0.05) is 0 Å². The minimum atomic E-state index is 1.15. The van der Waals surface area contributed by atoms with Crippen LogP contribution in [0.4, 0.5) is 0 Å². The highest BCUT2D eigenvalue weighted by atomic mass is 14.2. The summed E-state index contributed by atoms with van der Waals surface area (Å²) in [5.74, 6) is 0. The molecule has 0 bridgehead atoms. The van der Waals surface area contributed by atoms with Gasteiger partial charge in [0.1, 0.15) is 0 Å². The lowest BCUT2D eigenvalue weighted by atomic mass is 9.85. The topological polar surface area (TPSA) is 0 Å². The summed E-state index contributed by atoms with van der Waals surface area (Å²) in [6.45, 7) is 0. The van der Waals surface area contributed by atoms with Crippen molar-refractivity contribution in [1.29, 1.82) is 0 Å². The van der Waals surface area contributed by atoms with E-state index in [2.05, 4.69) is 121 Å². The summed E-state index contributed by atoms with van der Waals surface area (Å²) in [5.41, 5.74) is 11.3. The van der Waals surface area contributed by atoms with E-state index in [1.807, 2.05) is 0 Å². The number of fused-ring (bicyclic) bond motifs is 5. The minimum absolute atomic E-state index is 1.15. The Bertz CT molecular complexity index is 2270. The first-order valence-corrected chi connectivity index (χ1v) is 15.3. The Balaban J connectivity index is 1.35. The lowest BCUT2D eigenvalue weighted by Gasteiger charge is -2.18. The Labute approximate surface area is 244 Å². The fourth-order valence-corrected chi connectivity index (χ4v) is 8.39. The maximum absolute atomic E-state index is 2.48. The SMILES string of the molecule is c1cc2c3c(ccc(-c4cc5cc(-c6ccc7c8c(cccc68)CC7)c6ccccc6c5c5ccccc45)c3c1)CC2. The largest absolute Gasteiger partial charge is 0.0616 e. The molecule has 196 valence electrons. The third kappa shape index (κ3) is 2.97. The predicted octanol–water partition coefficient (Wildman–Crippen LogP) is 11.0. The van der Waals surface area contributed by atoms with E-state index in [1.165, 1.54) is 98.4 Å². The molecule has 0 heteroatoms. The Morgan fingerprint density at radius 3 is 1.17 bits per heavy atom. The van der Waals surface area contributed by atoms with Crippen LogP contribution in [0.1, 0.15) is 22.3 Å². The van der Waals surface area contributed by atoms with Gasteiger partial charge in [-0.3, -0.25) is 0 Å². The van der Waals surface area contributed by atoms with Crippen molar-refractivity contribution >= 4 is 53.9 Å². The van der Waals surface area contributed by atoms with Crippen molar-refractivity contribution in [2.75, 3.05) is 0 Å². The molecule has 0 aliphatic heterocycles. The highest BCUT2D eigenvalue weighted by molar-refractivity contribution is 6.27. The standard InChI is InChI=1S/C42H28/c1-3-11-36-30(9-1)38(32-21-19-27-17-15-25-7-5-13-34(32)40(25)27)23-29-24-39(31-10-2-4-12-37(31)42(29)36)33-22-20-28-18-16-26-8-6-14-35(33)41(26)28/h1-14,19-24H,15-18H2. The molecular formula is C42H28. The summed E-state index contributed by atoms with van der Waals surface area (Å²) in [5, 5.41) is 13.7. The first-order chi connectivity index (χ1) is 20.8. The summed E-state index contributed by atoms with van der Waals surface area (Å²) in [6.07, 6.45) is 4.60. The van der Waals surface area contributed by atoms with Crippen LogP contribution in [0.15, 0.2) is 121 Å². The van der Waals surface area contributed by atoms with Gasteiger partial charge < -0.3 is 0 Å². The molecule has 0 fully saturated rings. The fraction of sp³-hybridized carbons (Fsp3) is 0.0952. The zero-order valence-corrected chi connectivity index (χ0v) is 23.4. The third-order valence-corrected chi connectivity index (χ3v) is 10.2. The maximum Gasteiger partial charge on any atom is -0.00259 e. The minimum Gasteiger partial charge on any atom is -0.0616 e. The second kappa shape index (κ2) is 8.30. The maximum atomic E-state index is 2.48.